The Kier molecular flexibility index (Phi) is 4.53. The molecule has 7 heteroatoms. The SMILES string of the molecule is Oc1cc(SCCc2nc3ccccc3[nH]2)c(O)n1-c1ccc(Cl)cc1. The van der Waals surface area contributed by atoms with Crippen molar-refractivity contribution in [2.24, 2.45) is 0 Å². The second-order valence-electron chi connectivity index (χ2n) is 5.80. The minimum Gasteiger partial charge on any atom is -0.494 e. The molecule has 0 saturated carbocycles. The van der Waals surface area contributed by atoms with Gasteiger partial charge in [0.25, 0.3) is 0 Å². The number of aromatic hydroxyl groups is 2. The zero-order valence-electron chi connectivity index (χ0n) is 13.7. The number of nitrogens with zero attached hydrogens (tertiary/aromatic N) is 2. The first-order valence-corrected chi connectivity index (χ1v) is 9.44. The first kappa shape index (κ1) is 16.9. The number of aromatic nitrogens is 3. The van der Waals surface area contributed by atoms with Crippen LogP contribution in [0, 0.1) is 0 Å². The van der Waals surface area contributed by atoms with Gasteiger partial charge in [0, 0.05) is 23.3 Å². The molecule has 0 spiro atoms. The van der Waals surface area contributed by atoms with Gasteiger partial charge in [0.15, 0.2) is 5.88 Å². The van der Waals surface area contributed by atoms with Gasteiger partial charge in [-0.2, -0.15) is 0 Å². The van der Waals surface area contributed by atoms with Gasteiger partial charge in [0.1, 0.15) is 5.82 Å². The van der Waals surface area contributed by atoms with Crippen LogP contribution < -0.4 is 0 Å². The fourth-order valence-electron chi connectivity index (χ4n) is 2.80. The van der Waals surface area contributed by atoms with E-state index >= 15 is 0 Å². The summed E-state index contributed by atoms with van der Waals surface area (Å²) in [4.78, 5) is 8.46. The third kappa shape index (κ3) is 3.25. The van der Waals surface area contributed by atoms with Gasteiger partial charge in [-0.05, 0) is 36.4 Å². The highest BCUT2D eigenvalue weighted by Gasteiger charge is 2.16. The smallest absolute Gasteiger partial charge is 0.212 e. The van der Waals surface area contributed by atoms with Crippen molar-refractivity contribution in [2.75, 3.05) is 5.75 Å². The summed E-state index contributed by atoms with van der Waals surface area (Å²) in [7, 11) is 0. The Labute approximate surface area is 159 Å². The lowest BCUT2D eigenvalue weighted by Crippen LogP contribution is -1.93. The molecule has 0 aliphatic heterocycles. The number of H-pyrrole nitrogens is 1. The Balaban J connectivity index is 1.48. The molecule has 0 aliphatic rings. The van der Waals surface area contributed by atoms with E-state index in [-0.39, 0.29) is 11.8 Å². The highest BCUT2D eigenvalue weighted by Crippen LogP contribution is 2.38. The van der Waals surface area contributed by atoms with E-state index in [4.69, 9.17) is 11.6 Å². The molecule has 0 bridgehead atoms. The number of hydrogen-bond donors (Lipinski definition) is 3. The van der Waals surface area contributed by atoms with Crippen molar-refractivity contribution >= 4 is 34.4 Å². The molecule has 2 aromatic heterocycles. The molecule has 0 aliphatic carbocycles. The van der Waals surface area contributed by atoms with Crippen molar-refractivity contribution < 1.29 is 10.2 Å². The molecular weight excluding hydrogens is 370 g/mol. The maximum Gasteiger partial charge on any atom is 0.212 e. The van der Waals surface area contributed by atoms with Gasteiger partial charge >= 0.3 is 0 Å². The summed E-state index contributed by atoms with van der Waals surface area (Å²) in [5.41, 5.74) is 2.61. The lowest BCUT2D eigenvalue weighted by Gasteiger charge is -2.07. The molecule has 0 atom stereocenters. The quantitative estimate of drug-likeness (QED) is 0.433. The topological polar surface area (TPSA) is 74.1 Å². The minimum atomic E-state index is -0.0175. The van der Waals surface area contributed by atoms with Crippen LogP contribution in [-0.4, -0.2) is 30.5 Å². The van der Waals surface area contributed by atoms with Gasteiger partial charge in [-0.1, -0.05) is 23.7 Å². The first-order valence-electron chi connectivity index (χ1n) is 8.08. The minimum absolute atomic E-state index is 0.0134. The van der Waals surface area contributed by atoms with Crippen molar-refractivity contribution in [3.63, 3.8) is 0 Å². The molecular formula is C19H16ClN3O2S. The van der Waals surface area contributed by atoms with E-state index < -0.39 is 0 Å². The molecule has 0 radical (unpaired) electrons. The van der Waals surface area contributed by atoms with E-state index in [2.05, 4.69) is 9.97 Å². The summed E-state index contributed by atoms with van der Waals surface area (Å²) in [5, 5.41) is 21.3. The summed E-state index contributed by atoms with van der Waals surface area (Å²) >= 11 is 7.36. The molecule has 132 valence electrons. The normalized spacial score (nSPS) is 11.3. The van der Waals surface area contributed by atoms with Crippen molar-refractivity contribution in [3.8, 4) is 17.4 Å². The fraction of sp³-hybridized carbons (Fsp3) is 0.105. The number of aryl methyl sites for hydroxylation is 1. The third-order valence-corrected chi connectivity index (χ3v) is 5.31. The lowest BCUT2D eigenvalue weighted by molar-refractivity contribution is 0.398. The monoisotopic (exact) mass is 385 g/mol. The molecule has 0 saturated heterocycles. The van der Waals surface area contributed by atoms with Gasteiger partial charge in [-0.3, -0.25) is 4.57 Å². The molecule has 26 heavy (non-hydrogen) atoms. The van der Waals surface area contributed by atoms with Crippen LogP contribution in [0.1, 0.15) is 5.82 Å². The van der Waals surface area contributed by atoms with Gasteiger partial charge in [-0.15, -0.1) is 11.8 Å². The standard InChI is InChI=1S/C19H16ClN3O2S/c20-12-5-7-13(8-6-12)23-18(24)11-16(19(23)25)26-10-9-17-21-14-3-1-2-4-15(14)22-17/h1-8,11,24-25H,9-10H2,(H,21,22). The molecule has 4 aromatic rings. The first-order chi connectivity index (χ1) is 12.6. The Morgan fingerprint density at radius 2 is 1.85 bits per heavy atom. The summed E-state index contributed by atoms with van der Waals surface area (Å²) in [6, 6.07) is 16.4. The molecule has 2 aromatic carbocycles. The molecule has 5 nitrogen and oxygen atoms in total. The van der Waals surface area contributed by atoms with Crippen molar-refractivity contribution in [3.05, 3.63) is 65.4 Å². The Hall–Kier alpha value is -2.57. The highest BCUT2D eigenvalue weighted by atomic mass is 35.5. The van der Waals surface area contributed by atoms with Crippen LogP contribution in [-0.2, 0) is 6.42 Å². The maximum absolute atomic E-state index is 10.5. The third-order valence-electron chi connectivity index (χ3n) is 4.04. The number of nitrogens with one attached hydrogen (secondary N) is 1. The maximum atomic E-state index is 10.5. The van der Waals surface area contributed by atoms with Crippen LogP contribution in [0.3, 0.4) is 0 Å². The molecule has 0 unspecified atom stereocenters. The second-order valence-corrected chi connectivity index (χ2v) is 7.37. The second kappa shape index (κ2) is 6.97. The fourth-order valence-corrected chi connectivity index (χ4v) is 3.85. The number of benzene rings is 2. The summed E-state index contributed by atoms with van der Waals surface area (Å²) < 4.78 is 1.39. The zero-order valence-corrected chi connectivity index (χ0v) is 15.3. The van der Waals surface area contributed by atoms with Crippen LogP contribution in [0.25, 0.3) is 16.7 Å². The van der Waals surface area contributed by atoms with Crippen LogP contribution in [0.5, 0.6) is 11.8 Å². The number of imidazole rings is 1. The van der Waals surface area contributed by atoms with E-state index in [1.54, 1.807) is 30.3 Å². The van der Waals surface area contributed by atoms with Gasteiger partial charge in [-0.25, -0.2) is 4.98 Å². The predicted molar refractivity (Wildman–Crippen MR) is 105 cm³/mol. The van der Waals surface area contributed by atoms with Crippen LogP contribution in [0.4, 0.5) is 0 Å². The van der Waals surface area contributed by atoms with Crippen LogP contribution in [0.2, 0.25) is 5.02 Å². The van der Waals surface area contributed by atoms with Crippen molar-refractivity contribution in [1.29, 1.82) is 0 Å². The van der Waals surface area contributed by atoms with E-state index in [9.17, 15) is 10.2 Å². The summed E-state index contributed by atoms with van der Waals surface area (Å²) in [6.45, 7) is 0. The van der Waals surface area contributed by atoms with Crippen LogP contribution in [0.15, 0.2) is 59.5 Å². The summed E-state index contributed by atoms with van der Waals surface area (Å²) in [6.07, 6.45) is 0.728. The predicted octanol–water partition coefficient (Wildman–Crippen LogP) is 4.75. The molecule has 3 N–H and O–H groups in total. The molecule has 4 rings (SSSR count). The van der Waals surface area contributed by atoms with Crippen LogP contribution >= 0.6 is 23.4 Å². The number of fused-ring (bicyclic) bond motifs is 1. The molecule has 0 fully saturated rings. The van der Waals surface area contributed by atoms with E-state index in [0.717, 1.165) is 29.0 Å². The van der Waals surface area contributed by atoms with Gasteiger partial charge in [0.05, 0.1) is 21.6 Å². The number of rotatable bonds is 5. The van der Waals surface area contributed by atoms with Crippen molar-refractivity contribution in [2.45, 2.75) is 11.3 Å². The highest BCUT2D eigenvalue weighted by molar-refractivity contribution is 7.99. The average molecular weight is 386 g/mol. The van der Waals surface area contributed by atoms with E-state index in [1.807, 2.05) is 24.3 Å². The summed E-state index contributed by atoms with van der Waals surface area (Å²) in [5.74, 6) is 1.62. The van der Waals surface area contributed by atoms with Crippen molar-refractivity contribution in [1.82, 2.24) is 14.5 Å². The lowest BCUT2D eigenvalue weighted by atomic mass is 10.3. The van der Waals surface area contributed by atoms with Gasteiger partial charge in [0.2, 0.25) is 5.88 Å². The average Bonchev–Trinajstić information content (AvgIpc) is 3.17. The number of hydrogen-bond acceptors (Lipinski definition) is 4. The Morgan fingerprint density at radius 1 is 1.08 bits per heavy atom. The molecule has 2 heterocycles. The van der Waals surface area contributed by atoms with E-state index in [0.29, 0.717) is 15.6 Å². The largest absolute Gasteiger partial charge is 0.494 e. The Bertz CT molecular complexity index is 1020. The van der Waals surface area contributed by atoms with Gasteiger partial charge < -0.3 is 15.2 Å². The zero-order chi connectivity index (χ0) is 18.1. The number of thioether (sulfide) groups is 1. The number of para-hydroxylation sites is 2. The molecule has 0 amide bonds. The number of aromatic amines is 1. The number of halogens is 1. The Morgan fingerprint density at radius 3 is 2.62 bits per heavy atom. The van der Waals surface area contributed by atoms with E-state index in [1.165, 1.54) is 16.3 Å².